The third kappa shape index (κ3) is 2.86. The Bertz CT molecular complexity index is 782. The molecule has 5 heteroatoms. The number of fused-ring (bicyclic) bond motifs is 7. The van der Waals surface area contributed by atoms with Gasteiger partial charge in [-0.2, -0.15) is 0 Å². The van der Waals surface area contributed by atoms with Gasteiger partial charge in [0.25, 0.3) is 0 Å². The Morgan fingerprint density at radius 1 is 0.969 bits per heavy atom. The molecule has 5 aliphatic rings. The Kier molecular flexibility index (Phi) is 5.27. The van der Waals surface area contributed by atoms with Crippen molar-refractivity contribution in [2.75, 3.05) is 0 Å². The van der Waals surface area contributed by atoms with Gasteiger partial charge in [0.2, 0.25) is 0 Å². The van der Waals surface area contributed by atoms with E-state index in [0.717, 1.165) is 25.7 Å². The molecule has 4 N–H and O–H groups in total. The van der Waals surface area contributed by atoms with Crippen LogP contribution in [0.2, 0.25) is 0 Å². The summed E-state index contributed by atoms with van der Waals surface area (Å²) in [5.41, 5.74) is -1.35. The van der Waals surface area contributed by atoms with Gasteiger partial charge in [-0.25, -0.2) is 0 Å². The lowest BCUT2D eigenvalue weighted by Gasteiger charge is -2.63. The number of Topliss-reactive ketones (excluding diaryl/α,β-unsaturated/α-hetero) is 1. The van der Waals surface area contributed by atoms with Crippen molar-refractivity contribution in [3.63, 3.8) is 0 Å². The number of carbonyl (C=O) groups excluding carboxylic acids is 1. The molecule has 5 saturated carbocycles. The first-order chi connectivity index (χ1) is 14.8. The second-order valence-corrected chi connectivity index (χ2v) is 13.5. The number of hydrogen-bond acceptors (Lipinski definition) is 5. The Morgan fingerprint density at radius 3 is 2.28 bits per heavy atom. The van der Waals surface area contributed by atoms with Gasteiger partial charge in [-0.3, -0.25) is 4.79 Å². The van der Waals surface area contributed by atoms with Crippen molar-refractivity contribution in [1.82, 2.24) is 0 Å². The summed E-state index contributed by atoms with van der Waals surface area (Å²) in [6.07, 6.45) is 3.06. The van der Waals surface area contributed by atoms with Crippen molar-refractivity contribution in [1.29, 1.82) is 0 Å². The van der Waals surface area contributed by atoms with Crippen molar-refractivity contribution < 1.29 is 25.2 Å². The zero-order chi connectivity index (χ0) is 23.4. The van der Waals surface area contributed by atoms with Crippen LogP contribution in [0.4, 0.5) is 0 Å². The van der Waals surface area contributed by atoms with Gasteiger partial charge in [-0.1, -0.05) is 34.6 Å². The molecular weight excluding hydrogens is 404 g/mol. The van der Waals surface area contributed by atoms with Crippen LogP contribution in [0.15, 0.2) is 0 Å². The van der Waals surface area contributed by atoms with Crippen LogP contribution in [0.3, 0.4) is 0 Å². The average Bonchev–Trinajstić information content (AvgIpc) is 3.10. The minimum absolute atomic E-state index is 0.125. The lowest BCUT2D eigenvalue weighted by Crippen LogP contribution is -2.65. The molecule has 0 radical (unpaired) electrons. The summed E-state index contributed by atoms with van der Waals surface area (Å²) in [6.45, 7) is 10.9. The number of carbonyl (C=O) groups is 1. The van der Waals surface area contributed by atoms with E-state index >= 15 is 0 Å². The van der Waals surface area contributed by atoms with Crippen LogP contribution in [0.5, 0.6) is 0 Å². The summed E-state index contributed by atoms with van der Waals surface area (Å²) >= 11 is 0. The zero-order valence-electron chi connectivity index (χ0n) is 20.5. The van der Waals surface area contributed by atoms with Gasteiger partial charge in [0.15, 0.2) is 0 Å². The predicted molar refractivity (Wildman–Crippen MR) is 121 cm³/mol. The summed E-state index contributed by atoms with van der Waals surface area (Å²) in [5.74, 6) is 0.0388. The molecule has 5 rings (SSSR count). The normalized spacial score (nSPS) is 59.5. The highest BCUT2D eigenvalue weighted by Gasteiger charge is 2.73. The molecule has 0 aromatic rings. The highest BCUT2D eigenvalue weighted by molar-refractivity contribution is 5.89. The first kappa shape index (κ1) is 23.3. The largest absolute Gasteiger partial charge is 0.393 e. The monoisotopic (exact) mass is 448 g/mol. The van der Waals surface area contributed by atoms with E-state index in [1.165, 1.54) is 0 Å². The molecule has 13 atom stereocenters. The third-order valence-corrected chi connectivity index (χ3v) is 11.3. The van der Waals surface area contributed by atoms with E-state index in [4.69, 9.17) is 0 Å². The van der Waals surface area contributed by atoms with Crippen molar-refractivity contribution in [2.45, 2.75) is 103 Å². The Morgan fingerprint density at radius 2 is 1.62 bits per heavy atom. The highest BCUT2D eigenvalue weighted by Crippen LogP contribution is 2.71. The summed E-state index contributed by atoms with van der Waals surface area (Å²) in [5, 5.41) is 44.7. The molecule has 0 amide bonds. The lowest BCUT2D eigenvalue weighted by molar-refractivity contribution is -0.221. The Hall–Kier alpha value is -0.490. The molecular formula is C27H44O5. The quantitative estimate of drug-likeness (QED) is 0.520. The minimum Gasteiger partial charge on any atom is -0.393 e. The second-order valence-electron chi connectivity index (χ2n) is 13.5. The van der Waals surface area contributed by atoms with Gasteiger partial charge in [0.05, 0.1) is 29.8 Å². The molecule has 0 bridgehead atoms. The van der Waals surface area contributed by atoms with Gasteiger partial charge in [0, 0.05) is 11.8 Å². The summed E-state index contributed by atoms with van der Waals surface area (Å²) < 4.78 is 0. The molecule has 0 saturated heterocycles. The topological polar surface area (TPSA) is 98.0 Å². The van der Waals surface area contributed by atoms with E-state index in [9.17, 15) is 25.2 Å². The van der Waals surface area contributed by atoms with Gasteiger partial charge in [-0.15, -0.1) is 0 Å². The van der Waals surface area contributed by atoms with Crippen molar-refractivity contribution in [3.8, 4) is 0 Å². The fourth-order valence-corrected chi connectivity index (χ4v) is 10.4. The van der Waals surface area contributed by atoms with E-state index in [1.54, 1.807) is 0 Å². The second kappa shape index (κ2) is 7.26. The molecule has 5 aliphatic carbocycles. The molecule has 5 fully saturated rings. The molecule has 0 aliphatic heterocycles. The first-order valence-electron chi connectivity index (χ1n) is 13.2. The van der Waals surface area contributed by atoms with Crippen LogP contribution >= 0.6 is 0 Å². The van der Waals surface area contributed by atoms with Crippen LogP contribution in [-0.4, -0.2) is 50.1 Å². The molecule has 5 nitrogen and oxygen atoms in total. The van der Waals surface area contributed by atoms with Gasteiger partial charge >= 0.3 is 0 Å². The molecule has 0 heterocycles. The molecule has 32 heavy (non-hydrogen) atoms. The fraction of sp³-hybridized carbons (Fsp3) is 0.963. The minimum atomic E-state index is -0.954. The highest BCUT2D eigenvalue weighted by atomic mass is 16.3. The maximum atomic E-state index is 14.2. The maximum absolute atomic E-state index is 14.2. The molecule has 0 aromatic heterocycles. The summed E-state index contributed by atoms with van der Waals surface area (Å²) in [4.78, 5) is 14.2. The van der Waals surface area contributed by atoms with E-state index in [0.29, 0.717) is 25.2 Å². The third-order valence-electron chi connectivity index (χ3n) is 11.3. The van der Waals surface area contributed by atoms with Crippen LogP contribution in [0.25, 0.3) is 0 Å². The van der Waals surface area contributed by atoms with E-state index < -0.39 is 23.9 Å². The maximum Gasteiger partial charge on any atom is 0.143 e. The Balaban J connectivity index is 1.56. The number of ketones is 1. The lowest BCUT2D eigenvalue weighted by atomic mass is 9.43. The fourth-order valence-electron chi connectivity index (χ4n) is 10.4. The van der Waals surface area contributed by atoms with Gasteiger partial charge in [-0.05, 0) is 85.4 Å². The van der Waals surface area contributed by atoms with E-state index in [1.807, 2.05) is 0 Å². The molecule has 2 unspecified atom stereocenters. The number of rotatable bonds is 2. The average molecular weight is 449 g/mol. The Labute approximate surface area is 193 Å². The smallest absolute Gasteiger partial charge is 0.143 e. The van der Waals surface area contributed by atoms with E-state index in [2.05, 4.69) is 34.6 Å². The van der Waals surface area contributed by atoms with Crippen molar-refractivity contribution in [2.24, 2.45) is 58.2 Å². The van der Waals surface area contributed by atoms with Gasteiger partial charge < -0.3 is 20.4 Å². The SMILES string of the molecule is CC(C)C[C@]1(O)C[C@@H](C)[C@H]2[C@@H]1C(=O)[C@@H]1C3C(CC[C@]21C)[C@@]1(C)CC[C@@H](O)C[C@@H]1[C@@H](O)[C@@H]3O. The van der Waals surface area contributed by atoms with Gasteiger partial charge in [0.1, 0.15) is 5.78 Å². The summed E-state index contributed by atoms with van der Waals surface area (Å²) in [6, 6.07) is 0. The van der Waals surface area contributed by atoms with Crippen molar-refractivity contribution in [3.05, 3.63) is 0 Å². The van der Waals surface area contributed by atoms with Crippen LogP contribution in [0, 0.1) is 58.2 Å². The van der Waals surface area contributed by atoms with Crippen LogP contribution in [0.1, 0.15) is 79.6 Å². The van der Waals surface area contributed by atoms with E-state index in [-0.39, 0.29) is 58.0 Å². The van der Waals surface area contributed by atoms with Crippen LogP contribution < -0.4 is 0 Å². The molecule has 0 spiro atoms. The predicted octanol–water partition coefficient (Wildman–Crippen LogP) is 3.17. The summed E-state index contributed by atoms with van der Waals surface area (Å²) in [7, 11) is 0. The molecule has 182 valence electrons. The van der Waals surface area contributed by atoms with Crippen LogP contribution in [-0.2, 0) is 4.79 Å². The first-order valence-corrected chi connectivity index (χ1v) is 13.2. The van der Waals surface area contributed by atoms with Crippen molar-refractivity contribution >= 4 is 5.78 Å². The number of hydrogen-bond donors (Lipinski definition) is 4. The molecule has 0 aromatic carbocycles. The standard InChI is InChI=1S/C27H44O5/c1-13(2)11-27(32)12-14(3)19-21(27)24(31)20-18-16(7-9-26(19,20)5)25(4)8-6-15(28)10-17(25)22(29)23(18)30/h13-23,28-30,32H,6-12H2,1-5H3/t14-,15-,16?,17-,18?,19+,20+,21-,22-,23-,25-,26-,27+/m1/s1. The number of aliphatic hydroxyl groups is 4. The number of aliphatic hydroxyl groups excluding tert-OH is 3. The zero-order valence-corrected chi connectivity index (χ0v) is 20.5.